The van der Waals surface area contributed by atoms with Crippen LogP contribution in [-0.2, 0) is 6.54 Å². The highest BCUT2D eigenvalue weighted by molar-refractivity contribution is 5.74. The highest BCUT2D eigenvalue weighted by atomic mass is 19.4. The maximum atomic E-state index is 12.2. The van der Waals surface area contributed by atoms with Crippen molar-refractivity contribution in [2.75, 3.05) is 39.8 Å². The summed E-state index contributed by atoms with van der Waals surface area (Å²) >= 11 is 0. The quantitative estimate of drug-likeness (QED) is 0.912. The van der Waals surface area contributed by atoms with Crippen molar-refractivity contribution in [3.05, 3.63) is 29.8 Å². The van der Waals surface area contributed by atoms with Gasteiger partial charge in [-0.3, -0.25) is 4.90 Å². The third-order valence-corrected chi connectivity index (χ3v) is 3.88. The Bertz CT molecular complexity index is 534. The normalized spacial score (nSPS) is 16.6. The highest BCUT2D eigenvalue weighted by Crippen LogP contribution is 2.15. The summed E-state index contributed by atoms with van der Waals surface area (Å²) in [5.74, 6) is 0.794. The predicted molar refractivity (Wildman–Crippen MR) is 83.9 cm³/mol. The van der Waals surface area contributed by atoms with Gasteiger partial charge in [-0.2, -0.15) is 13.2 Å². The fourth-order valence-electron chi connectivity index (χ4n) is 2.61. The molecule has 0 unspecified atom stereocenters. The van der Waals surface area contributed by atoms with Gasteiger partial charge in [-0.1, -0.05) is 12.1 Å². The number of benzene rings is 1. The first-order chi connectivity index (χ1) is 11.4. The van der Waals surface area contributed by atoms with Crippen LogP contribution in [0.25, 0.3) is 0 Å². The second-order valence-electron chi connectivity index (χ2n) is 5.74. The predicted octanol–water partition coefficient (Wildman–Crippen LogP) is 2.47. The molecule has 1 aliphatic rings. The summed E-state index contributed by atoms with van der Waals surface area (Å²) in [5, 5.41) is 1.93. The van der Waals surface area contributed by atoms with Crippen LogP contribution in [-0.4, -0.2) is 61.8 Å². The number of ether oxygens (including phenoxy) is 1. The monoisotopic (exact) mass is 345 g/mol. The average molecular weight is 345 g/mol. The van der Waals surface area contributed by atoms with Gasteiger partial charge in [0.2, 0.25) is 0 Å². The van der Waals surface area contributed by atoms with Crippen LogP contribution in [0.5, 0.6) is 5.75 Å². The van der Waals surface area contributed by atoms with E-state index in [-0.39, 0.29) is 0 Å². The SMILES string of the molecule is COc1ccc(CN2CCCN(C(=O)NCC(F)(F)F)CC2)cc1. The first-order valence-corrected chi connectivity index (χ1v) is 7.82. The third-order valence-electron chi connectivity index (χ3n) is 3.88. The van der Waals surface area contributed by atoms with Gasteiger partial charge in [0, 0.05) is 32.7 Å². The minimum absolute atomic E-state index is 0.417. The molecule has 0 spiro atoms. The molecule has 1 saturated heterocycles. The summed E-state index contributed by atoms with van der Waals surface area (Å²) < 4.78 is 41.6. The number of nitrogens with one attached hydrogen (secondary N) is 1. The summed E-state index contributed by atoms with van der Waals surface area (Å²) in [6, 6.07) is 7.10. The first kappa shape index (κ1) is 18.4. The smallest absolute Gasteiger partial charge is 0.405 e. The van der Waals surface area contributed by atoms with E-state index in [9.17, 15) is 18.0 Å². The van der Waals surface area contributed by atoms with E-state index in [4.69, 9.17) is 4.74 Å². The number of urea groups is 1. The number of hydrogen-bond donors (Lipinski definition) is 1. The Morgan fingerprint density at radius 1 is 1.17 bits per heavy atom. The topological polar surface area (TPSA) is 44.8 Å². The Morgan fingerprint density at radius 2 is 1.88 bits per heavy atom. The van der Waals surface area contributed by atoms with Crippen molar-refractivity contribution in [3.63, 3.8) is 0 Å². The van der Waals surface area contributed by atoms with Crippen LogP contribution >= 0.6 is 0 Å². The molecule has 0 radical (unpaired) electrons. The Hall–Kier alpha value is -1.96. The molecule has 1 fully saturated rings. The summed E-state index contributed by atoms with van der Waals surface area (Å²) in [7, 11) is 1.61. The molecular formula is C16H22F3N3O2. The maximum absolute atomic E-state index is 12.2. The summed E-state index contributed by atoms with van der Waals surface area (Å²) in [6.45, 7) is 1.75. The molecule has 0 aliphatic carbocycles. The lowest BCUT2D eigenvalue weighted by Crippen LogP contribution is -2.45. The standard InChI is InChI=1S/C16H22F3N3O2/c1-24-14-5-3-13(4-6-14)11-21-7-2-8-22(10-9-21)15(23)20-12-16(17,18)19/h3-6H,2,7-12H2,1H3,(H,20,23). The van der Waals surface area contributed by atoms with E-state index in [1.54, 1.807) is 7.11 Å². The zero-order valence-corrected chi connectivity index (χ0v) is 13.6. The fraction of sp³-hybridized carbons (Fsp3) is 0.562. The van der Waals surface area contributed by atoms with E-state index in [1.165, 1.54) is 4.90 Å². The van der Waals surface area contributed by atoms with Crippen molar-refractivity contribution in [2.45, 2.75) is 19.1 Å². The van der Waals surface area contributed by atoms with Crippen LogP contribution in [0.1, 0.15) is 12.0 Å². The van der Waals surface area contributed by atoms with Gasteiger partial charge < -0.3 is 15.0 Å². The summed E-state index contributed by atoms with van der Waals surface area (Å²) in [5.41, 5.74) is 1.13. The molecule has 0 saturated carbocycles. The Balaban J connectivity index is 1.82. The molecule has 2 amide bonds. The zero-order valence-electron chi connectivity index (χ0n) is 13.6. The molecule has 8 heteroatoms. The molecule has 1 aliphatic heterocycles. The van der Waals surface area contributed by atoms with Crippen molar-refractivity contribution < 1.29 is 22.7 Å². The fourth-order valence-corrected chi connectivity index (χ4v) is 2.61. The van der Waals surface area contributed by atoms with E-state index in [0.29, 0.717) is 19.6 Å². The molecule has 0 aromatic heterocycles. The largest absolute Gasteiger partial charge is 0.497 e. The molecule has 24 heavy (non-hydrogen) atoms. The van der Waals surface area contributed by atoms with Crippen molar-refractivity contribution >= 4 is 6.03 Å². The summed E-state index contributed by atoms with van der Waals surface area (Å²) in [4.78, 5) is 15.5. The van der Waals surface area contributed by atoms with E-state index in [0.717, 1.165) is 30.8 Å². The average Bonchev–Trinajstić information content (AvgIpc) is 2.78. The number of amides is 2. The van der Waals surface area contributed by atoms with Crippen LogP contribution in [0.3, 0.4) is 0 Å². The van der Waals surface area contributed by atoms with Crippen molar-refractivity contribution in [1.29, 1.82) is 0 Å². The molecular weight excluding hydrogens is 323 g/mol. The lowest BCUT2D eigenvalue weighted by Gasteiger charge is -2.22. The van der Waals surface area contributed by atoms with Crippen LogP contribution in [0.2, 0.25) is 0 Å². The van der Waals surface area contributed by atoms with Crippen LogP contribution in [0.4, 0.5) is 18.0 Å². The van der Waals surface area contributed by atoms with Gasteiger partial charge in [0.05, 0.1) is 7.11 Å². The number of carbonyl (C=O) groups is 1. The van der Waals surface area contributed by atoms with Crippen LogP contribution in [0, 0.1) is 0 Å². The first-order valence-electron chi connectivity index (χ1n) is 7.82. The Morgan fingerprint density at radius 3 is 2.50 bits per heavy atom. The van der Waals surface area contributed by atoms with Crippen molar-refractivity contribution in [2.24, 2.45) is 0 Å². The van der Waals surface area contributed by atoms with Crippen LogP contribution in [0.15, 0.2) is 24.3 Å². The summed E-state index contributed by atoms with van der Waals surface area (Å²) in [6.07, 6.45) is -3.66. The van der Waals surface area contributed by atoms with Crippen molar-refractivity contribution in [3.8, 4) is 5.75 Å². The number of alkyl halides is 3. The van der Waals surface area contributed by atoms with Gasteiger partial charge in [-0.15, -0.1) is 0 Å². The number of rotatable bonds is 4. The van der Waals surface area contributed by atoms with Gasteiger partial charge in [-0.25, -0.2) is 4.79 Å². The number of methoxy groups -OCH3 is 1. The van der Waals surface area contributed by atoms with Crippen molar-refractivity contribution in [1.82, 2.24) is 15.1 Å². The van der Waals surface area contributed by atoms with E-state index in [1.807, 2.05) is 29.6 Å². The number of nitrogens with zero attached hydrogens (tertiary/aromatic N) is 2. The van der Waals surface area contributed by atoms with E-state index < -0.39 is 18.8 Å². The third kappa shape index (κ3) is 5.92. The molecule has 2 rings (SSSR count). The van der Waals surface area contributed by atoms with E-state index >= 15 is 0 Å². The second-order valence-corrected chi connectivity index (χ2v) is 5.74. The molecule has 134 valence electrons. The van der Waals surface area contributed by atoms with Gasteiger partial charge in [0.25, 0.3) is 0 Å². The molecule has 1 aromatic rings. The maximum Gasteiger partial charge on any atom is 0.405 e. The number of carbonyl (C=O) groups excluding carboxylic acids is 1. The van der Waals surface area contributed by atoms with Crippen LogP contribution < -0.4 is 10.1 Å². The zero-order chi connectivity index (χ0) is 17.6. The lowest BCUT2D eigenvalue weighted by molar-refractivity contribution is -0.123. The molecule has 0 bridgehead atoms. The minimum atomic E-state index is -4.39. The van der Waals surface area contributed by atoms with Gasteiger partial charge in [0.15, 0.2) is 0 Å². The van der Waals surface area contributed by atoms with E-state index in [2.05, 4.69) is 4.90 Å². The van der Waals surface area contributed by atoms with Gasteiger partial charge in [-0.05, 0) is 24.1 Å². The molecule has 1 aromatic carbocycles. The molecule has 0 atom stereocenters. The Labute approximate surface area is 139 Å². The molecule has 5 nitrogen and oxygen atoms in total. The number of halogens is 3. The highest BCUT2D eigenvalue weighted by Gasteiger charge is 2.29. The minimum Gasteiger partial charge on any atom is -0.497 e. The second kappa shape index (κ2) is 8.23. The molecule has 1 N–H and O–H groups in total. The molecule has 1 heterocycles. The lowest BCUT2D eigenvalue weighted by atomic mass is 10.2. The van der Waals surface area contributed by atoms with Gasteiger partial charge >= 0.3 is 12.2 Å². The number of hydrogen-bond acceptors (Lipinski definition) is 3. The Kier molecular flexibility index (Phi) is 6.30. The van der Waals surface area contributed by atoms with Gasteiger partial charge in [0.1, 0.15) is 12.3 Å².